The monoisotopic (exact) mass is 391 g/mol. The zero-order valence-electron chi connectivity index (χ0n) is 9.98. The summed E-state index contributed by atoms with van der Waals surface area (Å²) in [5.41, 5.74) is 0.778. The fraction of sp³-hybridized carbons (Fsp3) is 0.167. The number of amides is 1. The number of halogens is 2. The molecule has 5 nitrogen and oxygen atoms in total. The third-order valence-electron chi connectivity index (χ3n) is 2.02. The van der Waals surface area contributed by atoms with Crippen molar-refractivity contribution in [1.82, 2.24) is 5.32 Å². The second-order valence-corrected chi connectivity index (χ2v) is 5.96. The highest BCUT2D eigenvalue weighted by Gasteiger charge is 2.17. The summed E-state index contributed by atoms with van der Waals surface area (Å²) in [4.78, 5) is 22.9. The zero-order valence-corrected chi connectivity index (χ0v) is 13.2. The highest BCUT2D eigenvalue weighted by molar-refractivity contribution is 9.28. The maximum absolute atomic E-state index is 11.5. The first-order valence-corrected chi connectivity index (χ1v) is 6.74. The number of carbonyl (C=O) groups is 2. The molecule has 1 amide bonds. The summed E-state index contributed by atoms with van der Waals surface area (Å²) in [6.07, 6.45) is -0.749. The highest BCUT2D eigenvalue weighted by Crippen LogP contribution is 2.18. The molecule has 102 valence electrons. The Hall–Kier alpha value is -1.34. The van der Waals surface area contributed by atoms with Gasteiger partial charge in [-0.25, -0.2) is 9.59 Å². The van der Waals surface area contributed by atoms with Gasteiger partial charge in [-0.3, -0.25) is 5.32 Å². The fourth-order valence-electron chi connectivity index (χ4n) is 1.14. The summed E-state index contributed by atoms with van der Waals surface area (Å²) in [5, 5.41) is 2.29. The standard InChI is InChI=1S/C12H11Br2NO4/c1-18-11(16)9(10(13)14)15-12(17)19-7-8-5-3-2-4-6-8/h2-6H,7H2,1H3,(H,15,17). The number of ether oxygens (including phenoxy) is 2. The first-order valence-electron chi connectivity index (χ1n) is 5.16. The van der Waals surface area contributed by atoms with Crippen LogP contribution in [0, 0.1) is 0 Å². The number of hydrogen-bond donors (Lipinski definition) is 1. The van der Waals surface area contributed by atoms with Crippen LogP contribution in [0.1, 0.15) is 5.56 Å². The van der Waals surface area contributed by atoms with Crippen molar-refractivity contribution >= 4 is 43.9 Å². The first-order chi connectivity index (χ1) is 9.04. The summed E-state index contributed by atoms with van der Waals surface area (Å²) in [7, 11) is 1.21. The Morgan fingerprint density at radius 3 is 2.37 bits per heavy atom. The van der Waals surface area contributed by atoms with E-state index < -0.39 is 12.1 Å². The lowest BCUT2D eigenvalue weighted by Gasteiger charge is -2.09. The van der Waals surface area contributed by atoms with Gasteiger partial charge in [0.25, 0.3) is 0 Å². The quantitative estimate of drug-likeness (QED) is 0.631. The Balaban J connectivity index is 2.55. The minimum absolute atomic E-state index is 0.0689. The lowest BCUT2D eigenvalue weighted by Crippen LogP contribution is -2.29. The van der Waals surface area contributed by atoms with Gasteiger partial charge in [-0.2, -0.15) is 0 Å². The van der Waals surface area contributed by atoms with E-state index in [1.807, 2.05) is 30.3 Å². The molecule has 1 rings (SSSR count). The molecule has 0 heterocycles. The third kappa shape index (κ3) is 5.44. The van der Waals surface area contributed by atoms with Gasteiger partial charge >= 0.3 is 12.1 Å². The minimum atomic E-state index is -0.749. The van der Waals surface area contributed by atoms with Crippen LogP contribution in [0.4, 0.5) is 4.79 Å². The normalized spacial score (nSPS) is 9.42. The predicted octanol–water partition coefficient (Wildman–Crippen LogP) is 3.04. The van der Waals surface area contributed by atoms with Crippen molar-refractivity contribution in [2.45, 2.75) is 6.61 Å². The van der Waals surface area contributed by atoms with E-state index in [1.54, 1.807) is 0 Å². The van der Waals surface area contributed by atoms with E-state index in [-0.39, 0.29) is 15.7 Å². The third-order valence-corrected chi connectivity index (χ3v) is 2.81. The van der Waals surface area contributed by atoms with Crippen LogP contribution < -0.4 is 5.32 Å². The van der Waals surface area contributed by atoms with Crippen molar-refractivity contribution in [2.75, 3.05) is 7.11 Å². The van der Waals surface area contributed by atoms with Crippen molar-refractivity contribution in [1.29, 1.82) is 0 Å². The summed E-state index contributed by atoms with van der Waals surface area (Å²) in [5.74, 6) is -0.694. The Labute approximate surface area is 127 Å². The highest BCUT2D eigenvalue weighted by atomic mass is 79.9. The van der Waals surface area contributed by atoms with Gasteiger partial charge in [0.05, 0.1) is 10.5 Å². The Morgan fingerprint density at radius 2 is 1.84 bits per heavy atom. The zero-order chi connectivity index (χ0) is 14.3. The number of rotatable bonds is 4. The average Bonchev–Trinajstić information content (AvgIpc) is 2.42. The number of carbonyl (C=O) groups excluding carboxylic acids is 2. The average molecular weight is 393 g/mol. The molecule has 0 bridgehead atoms. The van der Waals surface area contributed by atoms with Crippen LogP contribution >= 0.6 is 31.9 Å². The number of esters is 1. The second kappa shape index (κ2) is 7.96. The van der Waals surface area contributed by atoms with E-state index in [0.717, 1.165) is 5.56 Å². The SMILES string of the molecule is COC(=O)C(NC(=O)OCc1ccccc1)=C(Br)Br. The Morgan fingerprint density at radius 1 is 1.21 bits per heavy atom. The second-order valence-electron chi connectivity index (χ2n) is 3.31. The van der Waals surface area contributed by atoms with E-state index in [9.17, 15) is 9.59 Å². The number of methoxy groups -OCH3 is 1. The van der Waals surface area contributed by atoms with E-state index in [4.69, 9.17) is 4.74 Å². The molecule has 1 aromatic carbocycles. The van der Waals surface area contributed by atoms with Crippen LogP contribution in [0.3, 0.4) is 0 Å². The molecule has 0 aromatic heterocycles. The molecule has 0 aliphatic rings. The Bertz CT molecular complexity index is 484. The van der Waals surface area contributed by atoms with Gasteiger partial charge in [-0.1, -0.05) is 30.3 Å². The number of alkyl carbamates (subject to hydrolysis) is 1. The summed E-state index contributed by atoms with van der Waals surface area (Å²) >= 11 is 6.06. The molecule has 1 N–H and O–H groups in total. The molecule has 0 radical (unpaired) electrons. The molecule has 0 fully saturated rings. The molecule has 0 aliphatic carbocycles. The van der Waals surface area contributed by atoms with E-state index in [2.05, 4.69) is 41.9 Å². The molecule has 0 aliphatic heterocycles. The Kier molecular flexibility index (Phi) is 6.58. The van der Waals surface area contributed by atoms with Crippen molar-refractivity contribution in [3.63, 3.8) is 0 Å². The van der Waals surface area contributed by atoms with Crippen LogP contribution in [0.5, 0.6) is 0 Å². The van der Waals surface area contributed by atoms with Crippen LogP contribution in [-0.2, 0) is 20.9 Å². The van der Waals surface area contributed by atoms with E-state index in [0.29, 0.717) is 0 Å². The number of benzene rings is 1. The molecule has 0 saturated heterocycles. The number of nitrogens with one attached hydrogen (secondary N) is 1. The van der Waals surface area contributed by atoms with Crippen LogP contribution in [0.2, 0.25) is 0 Å². The molecular formula is C12H11Br2NO4. The fourth-order valence-corrected chi connectivity index (χ4v) is 1.66. The summed E-state index contributed by atoms with van der Waals surface area (Å²) in [6.45, 7) is 0.112. The molecule has 1 aromatic rings. The maximum atomic E-state index is 11.5. The molecule has 7 heteroatoms. The van der Waals surface area contributed by atoms with Gasteiger partial charge in [0, 0.05) is 0 Å². The maximum Gasteiger partial charge on any atom is 0.412 e. The van der Waals surface area contributed by atoms with Crippen LogP contribution in [0.15, 0.2) is 39.4 Å². The molecule has 0 unspecified atom stereocenters. The molecule has 0 atom stereocenters. The van der Waals surface area contributed by atoms with Gasteiger partial charge in [0.15, 0.2) is 5.70 Å². The lowest BCUT2D eigenvalue weighted by atomic mass is 10.2. The van der Waals surface area contributed by atoms with Crippen molar-refractivity contribution in [2.24, 2.45) is 0 Å². The van der Waals surface area contributed by atoms with Crippen molar-refractivity contribution in [3.05, 3.63) is 45.0 Å². The first kappa shape index (κ1) is 15.7. The van der Waals surface area contributed by atoms with Gasteiger partial charge in [-0.15, -0.1) is 0 Å². The minimum Gasteiger partial charge on any atom is -0.464 e. The van der Waals surface area contributed by atoms with Crippen molar-refractivity contribution in [3.8, 4) is 0 Å². The van der Waals surface area contributed by atoms with Crippen LogP contribution in [-0.4, -0.2) is 19.2 Å². The summed E-state index contributed by atoms with van der Waals surface area (Å²) < 4.78 is 9.75. The largest absolute Gasteiger partial charge is 0.464 e. The summed E-state index contributed by atoms with van der Waals surface area (Å²) in [6, 6.07) is 9.19. The topological polar surface area (TPSA) is 64.6 Å². The van der Waals surface area contributed by atoms with E-state index in [1.165, 1.54) is 7.11 Å². The van der Waals surface area contributed by atoms with Gasteiger partial charge in [0.1, 0.15) is 6.61 Å². The predicted molar refractivity (Wildman–Crippen MR) is 76.7 cm³/mol. The van der Waals surface area contributed by atoms with Gasteiger partial charge < -0.3 is 9.47 Å². The van der Waals surface area contributed by atoms with E-state index >= 15 is 0 Å². The van der Waals surface area contributed by atoms with Crippen LogP contribution in [0.25, 0.3) is 0 Å². The molecule has 19 heavy (non-hydrogen) atoms. The van der Waals surface area contributed by atoms with Gasteiger partial charge in [0.2, 0.25) is 0 Å². The molecule has 0 spiro atoms. The molecule has 0 saturated carbocycles. The van der Waals surface area contributed by atoms with Gasteiger partial charge in [-0.05, 0) is 37.4 Å². The number of hydrogen-bond acceptors (Lipinski definition) is 4. The lowest BCUT2D eigenvalue weighted by molar-refractivity contribution is -0.136. The smallest absolute Gasteiger partial charge is 0.412 e. The molecular weight excluding hydrogens is 382 g/mol. The van der Waals surface area contributed by atoms with Crippen molar-refractivity contribution < 1.29 is 19.1 Å².